The van der Waals surface area contributed by atoms with Crippen LogP contribution in [0.4, 0.5) is 29.2 Å². The van der Waals surface area contributed by atoms with Gasteiger partial charge in [0.15, 0.2) is 0 Å². The first-order valence-corrected chi connectivity index (χ1v) is 19.0. The van der Waals surface area contributed by atoms with Crippen LogP contribution in [0, 0.1) is 0 Å². The second-order valence-corrected chi connectivity index (χ2v) is 14.3. The van der Waals surface area contributed by atoms with Crippen LogP contribution in [0.1, 0.15) is 53.3 Å². The van der Waals surface area contributed by atoms with Crippen LogP contribution in [0.5, 0.6) is 17.2 Å². The molecule has 0 bridgehead atoms. The minimum atomic E-state index is -2.84. The van der Waals surface area contributed by atoms with E-state index in [0.717, 1.165) is 0 Å². The fraction of sp³-hybridized carbons (Fsp3) is 0.400. The second kappa shape index (κ2) is 19.4. The van der Waals surface area contributed by atoms with E-state index in [4.69, 9.17) is 37.4 Å². The zero-order chi connectivity index (χ0) is 41.2. The summed E-state index contributed by atoms with van der Waals surface area (Å²) in [7, 11) is 2.94. The van der Waals surface area contributed by atoms with Crippen molar-refractivity contribution >= 4 is 46.7 Å². The number of pyridine rings is 2. The Morgan fingerprint density at radius 1 is 0.737 bits per heavy atom. The van der Waals surface area contributed by atoms with Gasteiger partial charge in [0.1, 0.15) is 28.9 Å². The van der Waals surface area contributed by atoms with Gasteiger partial charge in [-0.1, -0.05) is 35.3 Å². The fourth-order valence-corrected chi connectivity index (χ4v) is 6.79. The number of ether oxygens (including phenoxy) is 3. The number of nitrogens with zero attached hydrogens (tertiary/aromatic N) is 4. The summed E-state index contributed by atoms with van der Waals surface area (Å²) in [6.45, 7) is 2.44. The summed E-state index contributed by atoms with van der Waals surface area (Å²) in [4.78, 5) is 37.5. The van der Waals surface area contributed by atoms with Crippen molar-refractivity contribution in [2.45, 2.75) is 56.5 Å². The molecular weight excluding hydrogens is 791 g/mol. The number of methoxy groups -OCH3 is 2. The highest BCUT2D eigenvalue weighted by molar-refractivity contribution is 6.30. The number of likely N-dealkylation sites (tertiary alicyclic amines) is 2. The highest BCUT2D eigenvalue weighted by Gasteiger charge is 2.44. The number of nitrogens with one attached hydrogen (secondary N) is 2. The van der Waals surface area contributed by atoms with Crippen molar-refractivity contribution in [1.29, 1.82) is 0 Å². The van der Waals surface area contributed by atoms with Gasteiger partial charge in [0.25, 0.3) is 23.7 Å². The molecule has 2 aromatic heterocycles. The van der Waals surface area contributed by atoms with E-state index >= 15 is 0 Å². The molecule has 0 aliphatic carbocycles. The van der Waals surface area contributed by atoms with Crippen LogP contribution in [0.15, 0.2) is 79.1 Å². The lowest BCUT2D eigenvalue weighted by Gasteiger charge is -2.39. The number of rotatable bonds is 12. The highest BCUT2D eigenvalue weighted by Crippen LogP contribution is 2.36. The van der Waals surface area contributed by atoms with Crippen molar-refractivity contribution in [3.63, 3.8) is 0 Å². The summed E-state index contributed by atoms with van der Waals surface area (Å²) in [5.74, 6) is -4.03. The molecule has 2 N–H and O–H groups in total. The van der Waals surface area contributed by atoms with Crippen LogP contribution < -0.4 is 24.8 Å². The maximum Gasteiger partial charge on any atom is 0.258 e. The van der Waals surface area contributed by atoms with Crippen molar-refractivity contribution in [2.75, 3.05) is 57.6 Å². The minimum absolute atomic E-state index is 0.0211. The van der Waals surface area contributed by atoms with Crippen molar-refractivity contribution < 1.29 is 41.4 Å². The number of piperidine rings is 2. The van der Waals surface area contributed by atoms with Crippen molar-refractivity contribution in [3.8, 4) is 17.2 Å². The standard InChI is InChI=1S/C20H22ClF2N3O3.C20H22ClF2N3O2/c1-28-15-4-5-17(29-2)16(9-15)19(27)26-8-7-20(22,23)10-14(26)12-25-18-6-3-13(21)11-24-18;1-2-28-17-6-4-3-5-16(17)19(27)26-10-9-20(22,23)11-15(26)13-25-18-8-7-14(21)12-24-18/h3-6,9,11,14H,7-8,10,12H2,1-2H3,(H,24,25);3-8,12,15H,2,9-11,13H2,1H3,(H,24,25). The Morgan fingerprint density at radius 2 is 1.26 bits per heavy atom. The number of benzene rings is 2. The number of hydrogen-bond acceptors (Lipinski definition) is 9. The highest BCUT2D eigenvalue weighted by atomic mass is 35.5. The Morgan fingerprint density at radius 3 is 1.74 bits per heavy atom. The maximum absolute atomic E-state index is 14.1. The zero-order valence-corrected chi connectivity index (χ0v) is 33.1. The summed E-state index contributed by atoms with van der Waals surface area (Å²) in [5, 5.41) is 7.00. The molecular formula is C40H44Cl2F4N6O5. The van der Waals surface area contributed by atoms with E-state index in [1.807, 2.05) is 6.92 Å². The minimum Gasteiger partial charge on any atom is -0.497 e. The first-order valence-electron chi connectivity index (χ1n) is 18.2. The number of hydrogen-bond donors (Lipinski definition) is 2. The topological polar surface area (TPSA) is 118 Å². The van der Waals surface area contributed by atoms with E-state index in [2.05, 4.69) is 20.6 Å². The van der Waals surface area contributed by atoms with E-state index in [9.17, 15) is 27.2 Å². The molecule has 2 amide bonds. The summed E-state index contributed by atoms with van der Waals surface area (Å²) in [6.07, 6.45) is 1.34. The predicted molar refractivity (Wildman–Crippen MR) is 211 cm³/mol. The molecule has 2 aliphatic heterocycles. The molecule has 2 fully saturated rings. The molecule has 11 nitrogen and oxygen atoms in total. The second-order valence-electron chi connectivity index (χ2n) is 13.4. The number of anilines is 2. The van der Waals surface area contributed by atoms with Crippen molar-refractivity contribution in [1.82, 2.24) is 19.8 Å². The van der Waals surface area contributed by atoms with Gasteiger partial charge in [-0.3, -0.25) is 9.59 Å². The van der Waals surface area contributed by atoms with E-state index < -0.39 is 36.8 Å². The SMILES string of the molecule is CCOc1ccccc1C(=O)N1CCC(F)(F)CC1CNc1ccc(Cl)cn1.COc1ccc(OC)c(C(=O)N2CCC(F)(F)CC2CNc2ccc(Cl)cn2)c1. The Bertz CT molecular complexity index is 1960. The van der Waals surface area contributed by atoms with Gasteiger partial charge in [0, 0.05) is 64.3 Å². The molecule has 2 aromatic carbocycles. The molecule has 57 heavy (non-hydrogen) atoms. The molecule has 2 aliphatic rings. The average molecular weight is 836 g/mol. The van der Waals surface area contributed by atoms with Gasteiger partial charge in [0.2, 0.25) is 0 Å². The number of alkyl halides is 4. The van der Waals surface area contributed by atoms with Crippen molar-refractivity contribution in [2.24, 2.45) is 0 Å². The molecule has 17 heteroatoms. The number of halogens is 6. The Labute approximate surface area is 338 Å². The lowest BCUT2D eigenvalue weighted by atomic mass is 9.97. The number of para-hydroxylation sites is 1. The first-order chi connectivity index (χ1) is 27.2. The number of amides is 2. The first kappa shape index (κ1) is 43.1. The Hall–Kier alpha value is -5.02. The van der Waals surface area contributed by atoms with Gasteiger partial charge >= 0.3 is 0 Å². The molecule has 0 spiro atoms. The van der Waals surface area contributed by atoms with Crippen LogP contribution in [0.2, 0.25) is 10.0 Å². The largest absolute Gasteiger partial charge is 0.497 e. The number of aromatic nitrogens is 2. The van der Waals surface area contributed by atoms with Crippen LogP contribution in [0.3, 0.4) is 0 Å². The van der Waals surface area contributed by atoms with Gasteiger partial charge in [0.05, 0.1) is 54.1 Å². The third kappa shape index (κ3) is 11.8. The van der Waals surface area contributed by atoms with E-state index in [1.54, 1.807) is 66.7 Å². The molecule has 4 heterocycles. The number of carbonyl (C=O) groups excluding carboxylic acids is 2. The summed E-state index contributed by atoms with van der Waals surface area (Å²) in [6, 6.07) is 17.0. The van der Waals surface area contributed by atoms with Crippen LogP contribution in [0.25, 0.3) is 0 Å². The maximum atomic E-state index is 14.1. The molecule has 2 unspecified atom stereocenters. The quantitative estimate of drug-likeness (QED) is 0.135. The third-order valence-corrected chi connectivity index (χ3v) is 9.90. The van der Waals surface area contributed by atoms with E-state index in [-0.39, 0.29) is 56.4 Å². The predicted octanol–water partition coefficient (Wildman–Crippen LogP) is 8.59. The van der Waals surface area contributed by atoms with Crippen LogP contribution in [-0.4, -0.2) is 103 Å². The fourth-order valence-electron chi connectivity index (χ4n) is 6.57. The molecule has 6 rings (SSSR count). The Kier molecular flexibility index (Phi) is 14.7. The summed E-state index contributed by atoms with van der Waals surface area (Å²) >= 11 is 11.6. The van der Waals surface area contributed by atoms with E-state index in [1.165, 1.54) is 36.4 Å². The summed E-state index contributed by atoms with van der Waals surface area (Å²) < 4.78 is 72.3. The van der Waals surface area contributed by atoms with Crippen LogP contribution >= 0.6 is 23.2 Å². The average Bonchev–Trinajstić information content (AvgIpc) is 3.20. The molecule has 0 saturated carbocycles. The smallest absolute Gasteiger partial charge is 0.258 e. The number of carbonyl (C=O) groups is 2. The molecule has 306 valence electrons. The molecule has 4 aromatic rings. The monoisotopic (exact) mass is 834 g/mol. The molecule has 2 saturated heterocycles. The van der Waals surface area contributed by atoms with Crippen LogP contribution in [-0.2, 0) is 0 Å². The molecule has 2 atom stereocenters. The van der Waals surface area contributed by atoms with E-state index in [0.29, 0.717) is 51.1 Å². The van der Waals surface area contributed by atoms with Gasteiger partial charge < -0.3 is 34.6 Å². The molecule has 0 radical (unpaired) electrons. The normalized spacial score (nSPS) is 18.4. The zero-order valence-electron chi connectivity index (χ0n) is 31.6. The van der Waals surface area contributed by atoms with Crippen molar-refractivity contribution in [3.05, 3.63) is 100 Å². The van der Waals surface area contributed by atoms with Gasteiger partial charge in [-0.05, 0) is 61.5 Å². The lowest BCUT2D eigenvalue weighted by Crippen LogP contribution is -2.52. The van der Waals surface area contributed by atoms with Gasteiger partial charge in [-0.2, -0.15) is 0 Å². The van der Waals surface area contributed by atoms with Gasteiger partial charge in [-0.15, -0.1) is 0 Å². The summed E-state index contributed by atoms with van der Waals surface area (Å²) in [5.41, 5.74) is 0.649. The Balaban J connectivity index is 0.000000218. The third-order valence-electron chi connectivity index (χ3n) is 9.46. The van der Waals surface area contributed by atoms with Gasteiger partial charge in [-0.25, -0.2) is 27.5 Å². The lowest BCUT2D eigenvalue weighted by molar-refractivity contribution is -0.0683.